The highest BCUT2D eigenvalue weighted by atomic mass is 16.5. The molecule has 3 aromatic rings. The Morgan fingerprint density at radius 2 is 1.47 bits per heavy atom. The fourth-order valence-electron chi connectivity index (χ4n) is 4.47. The van der Waals surface area contributed by atoms with Crippen molar-refractivity contribution in [1.82, 2.24) is 4.90 Å². The number of hydrogen-bond acceptors (Lipinski definition) is 7. The SMILES string of the molecule is CCCCN(CCCC)CCCCCOc1c(-c2ccc(OC)c(OC)c2)oc2cc(OC)ccc2c1=O. The smallest absolute Gasteiger partial charge is 0.235 e. The Kier molecular flexibility index (Phi) is 11.8. The Hall–Kier alpha value is -3.19. The van der Waals surface area contributed by atoms with E-state index in [9.17, 15) is 4.79 Å². The van der Waals surface area contributed by atoms with E-state index < -0.39 is 0 Å². The molecule has 0 bridgehead atoms. The van der Waals surface area contributed by atoms with Crippen molar-refractivity contribution in [2.24, 2.45) is 0 Å². The van der Waals surface area contributed by atoms with Crippen molar-refractivity contribution in [3.8, 4) is 34.3 Å². The van der Waals surface area contributed by atoms with Crippen LogP contribution in [-0.4, -0.2) is 52.5 Å². The summed E-state index contributed by atoms with van der Waals surface area (Å²) < 4.78 is 28.6. The van der Waals surface area contributed by atoms with Crippen LogP contribution in [0, 0.1) is 0 Å². The number of fused-ring (bicyclic) bond motifs is 1. The minimum Gasteiger partial charge on any atom is -0.497 e. The molecule has 0 amide bonds. The molecule has 1 heterocycles. The van der Waals surface area contributed by atoms with E-state index in [0.29, 0.717) is 46.1 Å². The first-order valence-corrected chi connectivity index (χ1v) is 13.8. The van der Waals surface area contributed by atoms with E-state index >= 15 is 0 Å². The second kappa shape index (κ2) is 15.3. The normalized spacial score (nSPS) is 11.2. The molecular formula is C31H43NO6. The molecule has 0 radical (unpaired) electrons. The van der Waals surface area contributed by atoms with Crippen LogP contribution in [0.1, 0.15) is 58.8 Å². The number of rotatable bonds is 17. The zero-order valence-electron chi connectivity index (χ0n) is 23.6. The number of methoxy groups -OCH3 is 3. The van der Waals surface area contributed by atoms with Gasteiger partial charge in [-0.25, -0.2) is 0 Å². The van der Waals surface area contributed by atoms with Gasteiger partial charge in [0.1, 0.15) is 11.3 Å². The van der Waals surface area contributed by atoms with Crippen LogP contribution in [0.25, 0.3) is 22.3 Å². The number of unbranched alkanes of at least 4 members (excludes halogenated alkanes) is 4. The second-order valence-electron chi connectivity index (χ2n) is 9.48. The number of benzene rings is 2. The lowest BCUT2D eigenvalue weighted by molar-refractivity contribution is 0.251. The summed E-state index contributed by atoms with van der Waals surface area (Å²) in [5, 5.41) is 0.451. The fraction of sp³-hybridized carbons (Fsp3) is 0.516. The van der Waals surface area contributed by atoms with Crippen molar-refractivity contribution in [3.05, 3.63) is 46.6 Å². The van der Waals surface area contributed by atoms with Crippen LogP contribution in [0.5, 0.6) is 23.0 Å². The molecule has 38 heavy (non-hydrogen) atoms. The van der Waals surface area contributed by atoms with Crippen molar-refractivity contribution in [2.75, 3.05) is 47.6 Å². The molecule has 2 aromatic carbocycles. The van der Waals surface area contributed by atoms with Crippen molar-refractivity contribution in [2.45, 2.75) is 58.8 Å². The van der Waals surface area contributed by atoms with Crippen LogP contribution in [0.4, 0.5) is 0 Å². The number of hydrogen-bond donors (Lipinski definition) is 0. The van der Waals surface area contributed by atoms with Gasteiger partial charge in [0.25, 0.3) is 0 Å². The van der Waals surface area contributed by atoms with E-state index in [1.54, 1.807) is 51.7 Å². The van der Waals surface area contributed by atoms with Gasteiger partial charge < -0.3 is 28.3 Å². The van der Waals surface area contributed by atoms with Gasteiger partial charge in [-0.2, -0.15) is 0 Å². The molecule has 0 fully saturated rings. The molecule has 0 N–H and O–H groups in total. The third-order valence-corrected chi connectivity index (χ3v) is 6.72. The Balaban J connectivity index is 1.78. The van der Waals surface area contributed by atoms with E-state index in [0.717, 1.165) is 25.8 Å². The molecular weight excluding hydrogens is 482 g/mol. The average molecular weight is 526 g/mol. The third-order valence-electron chi connectivity index (χ3n) is 6.72. The molecule has 0 aliphatic rings. The van der Waals surface area contributed by atoms with Gasteiger partial charge >= 0.3 is 0 Å². The summed E-state index contributed by atoms with van der Waals surface area (Å²) in [6.45, 7) is 8.37. The summed E-state index contributed by atoms with van der Waals surface area (Å²) in [6.07, 6.45) is 7.95. The molecule has 208 valence electrons. The highest BCUT2D eigenvalue weighted by Crippen LogP contribution is 2.37. The lowest BCUT2D eigenvalue weighted by atomic mass is 10.1. The summed E-state index contributed by atoms with van der Waals surface area (Å²) in [6, 6.07) is 10.6. The standard InChI is InChI=1S/C31H43NO6/c1-6-8-17-32(18-9-7-2)19-11-10-12-20-37-31-29(33)25-15-14-24(34-3)22-27(25)38-30(31)23-13-16-26(35-4)28(21-23)36-5/h13-16,21-22H,6-12,17-20H2,1-5H3. The van der Waals surface area contributed by atoms with E-state index in [1.807, 2.05) is 6.07 Å². The van der Waals surface area contributed by atoms with Crippen LogP contribution in [0.15, 0.2) is 45.6 Å². The molecule has 3 rings (SSSR count). The lowest BCUT2D eigenvalue weighted by Gasteiger charge is -2.21. The Morgan fingerprint density at radius 3 is 2.13 bits per heavy atom. The second-order valence-corrected chi connectivity index (χ2v) is 9.48. The largest absolute Gasteiger partial charge is 0.497 e. The van der Waals surface area contributed by atoms with Crippen LogP contribution in [0.3, 0.4) is 0 Å². The zero-order valence-corrected chi connectivity index (χ0v) is 23.6. The summed E-state index contributed by atoms with van der Waals surface area (Å²) in [7, 11) is 4.74. The molecule has 0 atom stereocenters. The van der Waals surface area contributed by atoms with Gasteiger partial charge in [0.2, 0.25) is 11.2 Å². The predicted octanol–water partition coefficient (Wildman–Crippen LogP) is 6.94. The maximum atomic E-state index is 13.5. The lowest BCUT2D eigenvalue weighted by Crippen LogP contribution is -2.27. The van der Waals surface area contributed by atoms with E-state index in [-0.39, 0.29) is 11.2 Å². The van der Waals surface area contributed by atoms with Gasteiger partial charge in [-0.3, -0.25) is 4.79 Å². The molecule has 0 unspecified atom stereocenters. The first-order chi connectivity index (χ1) is 18.6. The fourth-order valence-corrected chi connectivity index (χ4v) is 4.47. The van der Waals surface area contributed by atoms with Gasteiger partial charge in [0.15, 0.2) is 17.3 Å². The molecule has 1 aromatic heterocycles. The van der Waals surface area contributed by atoms with Gasteiger partial charge in [-0.05, 0) is 82.1 Å². The average Bonchev–Trinajstić information content (AvgIpc) is 2.95. The molecule has 0 saturated heterocycles. The van der Waals surface area contributed by atoms with Crippen LogP contribution >= 0.6 is 0 Å². The molecule has 7 heteroatoms. The van der Waals surface area contributed by atoms with Crippen LogP contribution in [-0.2, 0) is 0 Å². The van der Waals surface area contributed by atoms with Gasteiger partial charge in [0.05, 0.1) is 33.3 Å². The quantitative estimate of drug-likeness (QED) is 0.177. The third kappa shape index (κ3) is 7.67. The van der Waals surface area contributed by atoms with E-state index in [1.165, 1.54) is 38.8 Å². The van der Waals surface area contributed by atoms with Crippen LogP contribution < -0.4 is 24.4 Å². The van der Waals surface area contributed by atoms with Crippen LogP contribution in [0.2, 0.25) is 0 Å². The number of ether oxygens (including phenoxy) is 4. The minimum absolute atomic E-state index is 0.205. The summed E-state index contributed by atoms with van der Waals surface area (Å²) in [5.41, 5.74) is 0.900. The molecule has 0 aliphatic carbocycles. The Morgan fingerprint density at radius 1 is 0.763 bits per heavy atom. The van der Waals surface area contributed by atoms with Gasteiger partial charge in [-0.1, -0.05) is 26.7 Å². The number of nitrogens with zero attached hydrogens (tertiary/aromatic N) is 1. The predicted molar refractivity (Wildman–Crippen MR) is 153 cm³/mol. The zero-order chi connectivity index (χ0) is 27.3. The van der Waals surface area contributed by atoms with Gasteiger partial charge in [0, 0.05) is 11.6 Å². The topological polar surface area (TPSA) is 70.4 Å². The Bertz CT molecular complexity index is 1200. The molecule has 7 nitrogen and oxygen atoms in total. The van der Waals surface area contributed by atoms with E-state index in [4.69, 9.17) is 23.4 Å². The first-order valence-electron chi connectivity index (χ1n) is 13.8. The molecule has 0 spiro atoms. The molecule has 0 saturated carbocycles. The van der Waals surface area contributed by atoms with Crippen molar-refractivity contribution in [1.29, 1.82) is 0 Å². The minimum atomic E-state index is -0.205. The maximum Gasteiger partial charge on any atom is 0.235 e. The molecule has 0 aliphatic heterocycles. The Labute approximate surface area is 226 Å². The monoisotopic (exact) mass is 525 g/mol. The van der Waals surface area contributed by atoms with Crippen molar-refractivity contribution >= 4 is 11.0 Å². The van der Waals surface area contributed by atoms with Crippen molar-refractivity contribution in [3.63, 3.8) is 0 Å². The van der Waals surface area contributed by atoms with E-state index in [2.05, 4.69) is 18.7 Å². The van der Waals surface area contributed by atoms with Gasteiger partial charge in [-0.15, -0.1) is 0 Å². The summed E-state index contributed by atoms with van der Waals surface area (Å²) in [5.74, 6) is 2.32. The highest BCUT2D eigenvalue weighted by Gasteiger charge is 2.20. The maximum absolute atomic E-state index is 13.5. The highest BCUT2D eigenvalue weighted by molar-refractivity contribution is 5.83. The first kappa shape index (κ1) is 29.4. The summed E-state index contributed by atoms with van der Waals surface area (Å²) >= 11 is 0. The summed E-state index contributed by atoms with van der Waals surface area (Å²) in [4.78, 5) is 16.1. The van der Waals surface area contributed by atoms with Crippen molar-refractivity contribution < 1.29 is 23.4 Å².